The molecule has 5 nitrogen and oxygen atoms in total. The average Bonchev–Trinajstić information content (AvgIpc) is 3.39. The summed E-state index contributed by atoms with van der Waals surface area (Å²) in [5.41, 5.74) is 6.17. The van der Waals surface area contributed by atoms with Crippen molar-refractivity contribution in [3.63, 3.8) is 0 Å². The largest absolute Gasteiger partial charge is 0.323 e. The maximum absolute atomic E-state index is 5.08. The van der Waals surface area contributed by atoms with Crippen LogP contribution < -0.4 is 0 Å². The lowest BCUT2D eigenvalue weighted by Gasteiger charge is -2.10. The second-order valence-corrected chi connectivity index (χ2v) is 10.6. The first-order valence-corrected chi connectivity index (χ1v) is 13.5. The lowest BCUT2D eigenvalue weighted by atomic mass is 10.2. The Kier molecular flexibility index (Phi) is 5.37. The smallest absolute Gasteiger partial charge is 0.159 e. The van der Waals surface area contributed by atoms with E-state index >= 15 is 0 Å². The second-order valence-electron chi connectivity index (χ2n) is 7.91. The lowest BCUT2D eigenvalue weighted by Crippen LogP contribution is -2.04. The summed E-state index contributed by atoms with van der Waals surface area (Å²) in [6, 6.07) is 23.0. The molecule has 0 radical (unpaired) electrons. The number of aryl methyl sites for hydroxylation is 2. The van der Waals surface area contributed by atoms with Crippen molar-refractivity contribution in [1.29, 1.82) is 0 Å². The molecule has 2 bridgehead atoms. The Bertz CT molecular complexity index is 1300. The Morgan fingerprint density at radius 2 is 1.06 bits per heavy atom. The molecule has 0 atom stereocenters. The van der Waals surface area contributed by atoms with Crippen LogP contribution in [-0.4, -0.2) is 35.6 Å². The second kappa shape index (κ2) is 8.64. The molecular formula is C25H23N5S2. The molecule has 6 rings (SSSR count). The van der Waals surface area contributed by atoms with E-state index in [0.29, 0.717) is 0 Å². The molecule has 5 aromatic rings. The molecule has 4 heterocycles. The molecule has 1 aliphatic rings. The first-order valence-electron chi connectivity index (χ1n) is 11.0. The molecule has 0 N–H and O–H groups in total. The topological polar surface area (TPSA) is 48.5 Å². The third-order valence-electron chi connectivity index (χ3n) is 5.82. The van der Waals surface area contributed by atoms with Crippen molar-refractivity contribution in [1.82, 2.24) is 24.1 Å². The van der Waals surface area contributed by atoms with Crippen LogP contribution in [0.4, 0.5) is 0 Å². The van der Waals surface area contributed by atoms with E-state index in [-0.39, 0.29) is 0 Å². The predicted molar refractivity (Wildman–Crippen MR) is 136 cm³/mol. The zero-order valence-electron chi connectivity index (χ0n) is 17.6. The van der Waals surface area contributed by atoms with Gasteiger partial charge in [0.15, 0.2) is 11.6 Å². The summed E-state index contributed by atoms with van der Waals surface area (Å²) in [7, 11) is 3.95. The summed E-state index contributed by atoms with van der Waals surface area (Å²) in [5.74, 6) is 4.12. The minimum atomic E-state index is 0.897. The van der Waals surface area contributed by atoms with E-state index in [1.54, 1.807) is 0 Å². The lowest BCUT2D eigenvalue weighted by molar-refractivity contribution is 0.707. The van der Waals surface area contributed by atoms with E-state index in [1.807, 2.05) is 33.7 Å². The van der Waals surface area contributed by atoms with Crippen molar-refractivity contribution in [2.45, 2.75) is 25.9 Å². The standard InChI is InChI=1S/C25H23N5S2/c1-3-12-22-18(8-1)27-24-20-10-5-11-21(26-20)25-28-19-9-2-4-13-23(19)30(25)15-7-17-32-31-16-6-14-29(22)24/h1-5,8-13H,6-7,14-17H2. The average molecular weight is 458 g/mol. The number of fused-ring (bicyclic) bond motifs is 10. The molecular weight excluding hydrogens is 434 g/mol. The van der Waals surface area contributed by atoms with Crippen molar-refractivity contribution in [3.8, 4) is 23.0 Å². The SMILES string of the molecule is c1cc2nc(c1)-c1nc3ccccc3n1CCCSSCCCn1c-2nc2ccccc21. The molecule has 0 saturated carbocycles. The van der Waals surface area contributed by atoms with E-state index < -0.39 is 0 Å². The molecule has 32 heavy (non-hydrogen) atoms. The summed E-state index contributed by atoms with van der Waals surface area (Å²) in [6.07, 6.45) is 2.22. The Morgan fingerprint density at radius 3 is 1.59 bits per heavy atom. The third kappa shape index (κ3) is 3.59. The van der Waals surface area contributed by atoms with Gasteiger partial charge in [0.05, 0.1) is 22.1 Å². The summed E-state index contributed by atoms with van der Waals surface area (Å²) in [6.45, 7) is 1.88. The van der Waals surface area contributed by atoms with Crippen molar-refractivity contribution >= 4 is 43.7 Å². The number of pyridine rings is 1. The first-order chi connectivity index (χ1) is 15.9. The number of benzene rings is 2. The van der Waals surface area contributed by atoms with Crippen LogP contribution in [0.5, 0.6) is 0 Å². The van der Waals surface area contributed by atoms with Gasteiger partial charge in [0, 0.05) is 24.6 Å². The van der Waals surface area contributed by atoms with Gasteiger partial charge in [0.2, 0.25) is 0 Å². The fourth-order valence-corrected chi connectivity index (χ4v) is 6.50. The van der Waals surface area contributed by atoms with Crippen LogP contribution in [0.15, 0.2) is 66.7 Å². The number of imidazole rings is 2. The van der Waals surface area contributed by atoms with Gasteiger partial charge in [0.25, 0.3) is 0 Å². The molecule has 0 saturated heterocycles. The van der Waals surface area contributed by atoms with Gasteiger partial charge < -0.3 is 9.13 Å². The highest BCUT2D eigenvalue weighted by atomic mass is 33.1. The quantitative estimate of drug-likeness (QED) is 0.256. The van der Waals surface area contributed by atoms with Crippen LogP contribution in [0.1, 0.15) is 12.8 Å². The molecule has 0 amide bonds. The number of nitrogens with zero attached hydrogens (tertiary/aromatic N) is 5. The number of aromatic nitrogens is 5. The fraction of sp³-hybridized carbons (Fsp3) is 0.240. The predicted octanol–water partition coefficient (Wildman–Crippen LogP) is 6.29. The zero-order valence-corrected chi connectivity index (χ0v) is 19.3. The highest BCUT2D eigenvalue weighted by Gasteiger charge is 2.18. The van der Waals surface area contributed by atoms with Crippen LogP contribution in [0.25, 0.3) is 45.1 Å². The molecule has 0 unspecified atom stereocenters. The van der Waals surface area contributed by atoms with E-state index in [0.717, 1.165) is 71.5 Å². The molecule has 0 aliphatic carbocycles. The van der Waals surface area contributed by atoms with Crippen molar-refractivity contribution in [2.24, 2.45) is 0 Å². The Hall–Kier alpha value is -2.77. The number of hydrogen-bond donors (Lipinski definition) is 0. The molecule has 160 valence electrons. The molecule has 1 aliphatic heterocycles. The molecule has 3 aromatic heterocycles. The normalized spacial score (nSPS) is 15.1. The van der Waals surface area contributed by atoms with Crippen molar-refractivity contribution < 1.29 is 0 Å². The number of hydrogen-bond acceptors (Lipinski definition) is 5. The van der Waals surface area contributed by atoms with Gasteiger partial charge >= 0.3 is 0 Å². The number of rotatable bonds is 0. The van der Waals surface area contributed by atoms with E-state index in [2.05, 4.69) is 63.7 Å². The Morgan fingerprint density at radius 1 is 0.562 bits per heavy atom. The van der Waals surface area contributed by atoms with Gasteiger partial charge in [-0.3, -0.25) is 0 Å². The van der Waals surface area contributed by atoms with E-state index in [9.17, 15) is 0 Å². The minimum Gasteiger partial charge on any atom is -0.323 e. The van der Waals surface area contributed by atoms with Crippen LogP contribution in [0.3, 0.4) is 0 Å². The molecule has 0 spiro atoms. The van der Waals surface area contributed by atoms with Gasteiger partial charge in [0.1, 0.15) is 11.4 Å². The van der Waals surface area contributed by atoms with E-state index in [4.69, 9.17) is 15.0 Å². The van der Waals surface area contributed by atoms with Crippen LogP contribution >= 0.6 is 21.6 Å². The maximum atomic E-state index is 5.08. The highest BCUT2D eigenvalue weighted by Crippen LogP contribution is 2.30. The van der Waals surface area contributed by atoms with Gasteiger partial charge in [-0.05, 0) is 49.2 Å². The monoisotopic (exact) mass is 457 g/mol. The molecule has 7 heteroatoms. The van der Waals surface area contributed by atoms with Crippen molar-refractivity contribution in [3.05, 3.63) is 66.7 Å². The van der Waals surface area contributed by atoms with Gasteiger partial charge in [-0.1, -0.05) is 51.9 Å². The Balaban J connectivity index is 1.55. The van der Waals surface area contributed by atoms with Crippen LogP contribution in [0, 0.1) is 0 Å². The summed E-state index contributed by atoms with van der Waals surface area (Å²) >= 11 is 0. The third-order valence-corrected chi connectivity index (χ3v) is 8.40. The summed E-state index contributed by atoms with van der Waals surface area (Å²) < 4.78 is 4.66. The fourth-order valence-electron chi connectivity index (χ4n) is 4.36. The van der Waals surface area contributed by atoms with Crippen molar-refractivity contribution in [2.75, 3.05) is 11.5 Å². The summed E-state index contributed by atoms with van der Waals surface area (Å²) in [4.78, 5) is 15.0. The van der Waals surface area contributed by atoms with Crippen LogP contribution in [-0.2, 0) is 13.1 Å². The molecule has 2 aromatic carbocycles. The Labute approximate surface area is 194 Å². The minimum absolute atomic E-state index is 0.897. The van der Waals surface area contributed by atoms with E-state index in [1.165, 1.54) is 11.0 Å². The molecule has 0 fully saturated rings. The first kappa shape index (κ1) is 19.9. The highest BCUT2D eigenvalue weighted by molar-refractivity contribution is 8.76. The van der Waals surface area contributed by atoms with Gasteiger partial charge in [-0.15, -0.1) is 0 Å². The number of para-hydroxylation sites is 4. The van der Waals surface area contributed by atoms with Gasteiger partial charge in [-0.25, -0.2) is 15.0 Å². The summed E-state index contributed by atoms with van der Waals surface area (Å²) in [5, 5.41) is 0. The van der Waals surface area contributed by atoms with Crippen LogP contribution in [0.2, 0.25) is 0 Å². The van der Waals surface area contributed by atoms with Gasteiger partial charge in [-0.2, -0.15) is 0 Å². The zero-order chi connectivity index (χ0) is 21.3. The maximum Gasteiger partial charge on any atom is 0.159 e.